The fourth-order valence-electron chi connectivity index (χ4n) is 1.25. The summed E-state index contributed by atoms with van der Waals surface area (Å²) in [5, 5.41) is 0. The second kappa shape index (κ2) is 5.00. The molecule has 0 radical (unpaired) electrons. The molecule has 1 heterocycles. The van der Waals surface area contributed by atoms with Crippen molar-refractivity contribution in [1.82, 2.24) is 0 Å². The smallest absolute Gasteiger partial charge is 0.0701 e. The second-order valence-electron chi connectivity index (χ2n) is 4.32. The first kappa shape index (κ1) is 12.5. The molecule has 1 aromatic heterocycles. The lowest BCUT2D eigenvalue weighted by Crippen LogP contribution is -2.27. The Hall–Kier alpha value is 0.470. The zero-order valence-corrected chi connectivity index (χ0v) is 12.0. The topological polar surface area (TPSA) is 0 Å². The molecule has 3 heteroatoms. The lowest BCUT2D eigenvalue weighted by Gasteiger charge is -2.31. The van der Waals surface area contributed by atoms with E-state index in [1.54, 1.807) is 11.3 Å². The summed E-state index contributed by atoms with van der Waals surface area (Å²) >= 11 is 11.3. The minimum absolute atomic E-state index is 0.214. The van der Waals surface area contributed by atoms with Crippen molar-refractivity contribution in [2.45, 2.75) is 27.2 Å². The molecule has 0 nitrogen and oxygen atoms in total. The monoisotopic (exact) mass is 294 g/mol. The van der Waals surface area contributed by atoms with Gasteiger partial charge in [-0.2, -0.15) is 0 Å². The quantitative estimate of drug-likeness (QED) is 0.689. The van der Waals surface area contributed by atoms with Gasteiger partial charge in [-0.1, -0.05) is 20.8 Å². The highest BCUT2D eigenvalue weighted by atomic mass is 79.9. The molecule has 0 bridgehead atoms. The summed E-state index contributed by atoms with van der Waals surface area (Å²) < 4.78 is 1.20. The second-order valence-corrected chi connectivity index (χ2v) is 7.14. The van der Waals surface area contributed by atoms with Crippen molar-refractivity contribution >= 4 is 38.9 Å². The van der Waals surface area contributed by atoms with Crippen LogP contribution in [0.5, 0.6) is 0 Å². The molecule has 0 aliphatic heterocycles. The van der Waals surface area contributed by atoms with Gasteiger partial charge in [0.2, 0.25) is 0 Å². The van der Waals surface area contributed by atoms with E-state index in [0.717, 1.165) is 12.3 Å². The van der Waals surface area contributed by atoms with Crippen LogP contribution in [0.2, 0.25) is 0 Å². The normalized spacial score (nSPS) is 15.9. The van der Waals surface area contributed by atoms with Gasteiger partial charge >= 0.3 is 0 Å². The summed E-state index contributed by atoms with van der Waals surface area (Å²) in [6.45, 7) is 6.74. The van der Waals surface area contributed by atoms with Crippen molar-refractivity contribution in [2.75, 3.05) is 5.88 Å². The number of rotatable bonds is 4. The Labute approximate surface area is 104 Å². The van der Waals surface area contributed by atoms with Crippen LogP contribution in [0.15, 0.2) is 15.9 Å². The highest BCUT2D eigenvalue weighted by molar-refractivity contribution is 9.11. The summed E-state index contributed by atoms with van der Waals surface area (Å²) in [6, 6.07) is 4.29. The molecule has 0 aliphatic rings. The Balaban J connectivity index is 2.75. The third kappa shape index (κ3) is 2.98. The van der Waals surface area contributed by atoms with E-state index in [2.05, 4.69) is 48.8 Å². The molecule has 0 amide bonds. The van der Waals surface area contributed by atoms with Crippen LogP contribution in [0, 0.1) is 11.3 Å². The fraction of sp³-hybridized carbons (Fsp3) is 0.636. The maximum absolute atomic E-state index is 6.05. The van der Waals surface area contributed by atoms with E-state index in [4.69, 9.17) is 11.6 Å². The first-order chi connectivity index (χ1) is 6.48. The van der Waals surface area contributed by atoms with Crippen molar-refractivity contribution in [3.63, 3.8) is 0 Å². The van der Waals surface area contributed by atoms with Crippen LogP contribution in [0.3, 0.4) is 0 Å². The molecule has 1 unspecified atom stereocenters. The van der Waals surface area contributed by atoms with Crippen molar-refractivity contribution in [3.8, 4) is 0 Å². The number of alkyl halides is 1. The maximum Gasteiger partial charge on any atom is 0.0701 e. The maximum atomic E-state index is 6.05. The predicted molar refractivity (Wildman–Crippen MR) is 69.4 cm³/mol. The standard InChI is InChI=1S/C11H16BrClS/c1-8(2)11(3,7-13)6-9-4-5-10(12)14-9/h4-5,8H,6-7H2,1-3H3. The van der Waals surface area contributed by atoms with Crippen molar-refractivity contribution in [2.24, 2.45) is 11.3 Å². The number of hydrogen-bond donors (Lipinski definition) is 0. The summed E-state index contributed by atoms with van der Waals surface area (Å²) in [5.41, 5.74) is 0.214. The number of hydrogen-bond acceptors (Lipinski definition) is 1. The molecule has 1 atom stereocenters. The van der Waals surface area contributed by atoms with Gasteiger partial charge in [0.25, 0.3) is 0 Å². The SMILES string of the molecule is CC(C)C(C)(CCl)Cc1ccc(Br)s1. The van der Waals surface area contributed by atoms with Crippen LogP contribution in [0.25, 0.3) is 0 Å². The fourth-order valence-corrected chi connectivity index (χ4v) is 3.33. The lowest BCUT2D eigenvalue weighted by atomic mass is 9.78. The average Bonchev–Trinajstić information content (AvgIpc) is 2.50. The predicted octanol–water partition coefficient (Wildman–Crippen LogP) is 4.95. The third-order valence-corrected chi connectivity index (χ3v) is 5.14. The van der Waals surface area contributed by atoms with Crippen molar-refractivity contribution in [1.29, 1.82) is 0 Å². The van der Waals surface area contributed by atoms with E-state index in [9.17, 15) is 0 Å². The van der Waals surface area contributed by atoms with Crippen LogP contribution >= 0.6 is 38.9 Å². The molecule has 0 saturated carbocycles. The summed E-state index contributed by atoms with van der Waals surface area (Å²) in [5.74, 6) is 1.33. The molecule has 80 valence electrons. The van der Waals surface area contributed by atoms with E-state index in [1.807, 2.05) is 0 Å². The van der Waals surface area contributed by atoms with Crippen LogP contribution in [-0.2, 0) is 6.42 Å². The van der Waals surface area contributed by atoms with Gasteiger partial charge in [0.05, 0.1) is 3.79 Å². The third-order valence-electron chi connectivity index (χ3n) is 2.91. The minimum Gasteiger partial charge on any atom is -0.133 e. The molecule has 0 saturated heterocycles. The van der Waals surface area contributed by atoms with Gasteiger partial charge in [-0.3, -0.25) is 0 Å². The van der Waals surface area contributed by atoms with Crippen LogP contribution in [0.4, 0.5) is 0 Å². The first-order valence-electron chi connectivity index (χ1n) is 4.78. The van der Waals surface area contributed by atoms with Crippen LogP contribution in [-0.4, -0.2) is 5.88 Å². The van der Waals surface area contributed by atoms with Crippen molar-refractivity contribution in [3.05, 3.63) is 20.8 Å². The number of halogens is 2. The molecule has 0 fully saturated rings. The molecule has 14 heavy (non-hydrogen) atoms. The first-order valence-corrected chi connectivity index (χ1v) is 6.92. The Kier molecular flexibility index (Phi) is 4.48. The summed E-state index contributed by atoms with van der Waals surface area (Å²) in [4.78, 5) is 1.41. The number of thiophene rings is 1. The molecule has 0 N–H and O–H groups in total. The van der Waals surface area contributed by atoms with Crippen LogP contribution in [0.1, 0.15) is 25.6 Å². The van der Waals surface area contributed by atoms with Gasteiger partial charge in [0.1, 0.15) is 0 Å². The van der Waals surface area contributed by atoms with Crippen LogP contribution < -0.4 is 0 Å². The Morgan fingerprint density at radius 2 is 2.14 bits per heavy atom. The van der Waals surface area contributed by atoms with Crippen molar-refractivity contribution < 1.29 is 0 Å². The van der Waals surface area contributed by atoms with Gasteiger partial charge in [-0.25, -0.2) is 0 Å². The molecule has 0 spiro atoms. The van der Waals surface area contributed by atoms with E-state index < -0.39 is 0 Å². The van der Waals surface area contributed by atoms with E-state index in [1.165, 1.54) is 8.66 Å². The highest BCUT2D eigenvalue weighted by Gasteiger charge is 2.28. The Morgan fingerprint density at radius 3 is 2.50 bits per heavy atom. The lowest BCUT2D eigenvalue weighted by molar-refractivity contribution is 0.255. The largest absolute Gasteiger partial charge is 0.133 e. The van der Waals surface area contributed by atoms with E-state index >= 15 is 0 Å². The summed E-state index contributed by atoms with van der Waals surface area (Å²) in [7, 11) is 0. The molecule has 0 aliphatic carbocycles. The molecular formula is C11H16BrClS. The molecule has 0 aromatic carbocycles. The zero-order valence-electron chi connectivity index (χ0n) is 8.81. The molecule has 1 rings (SSSR count). The van der Waals surface area contributed by atoms with Gasteiger partial charge < -0.3 is 0 Å². The highest BCUT2D eigenvalue weighted by Crippen LogP contribution is 2.35. The van der Waals surface area contributed by atoms with E-state index in [0.29, 0.717) is 5.92 Å². The molecule has 1 aromatic rings. The molecular weight excluding hydrogens is 280 g/mol. The zero-order chi connectivity index (χ0) is 10.8. The van der Waals surface area contributed by atoms with Gasteiger partial charge in [0, 0.05) is 10.8 Å². The Morgan fingerprint density at radius 1 is 1.50 bits per heavy atom. The average molecular weight is 296 g/mol. The van der Waals surface area contributed by atoms with Gasteiger partial charge in [-0.15, -0.1) is 22.9 Å². The van der Waals surface area contributed by atoms with E-state index in [-0.39, 0.29) is 5.41 Å². The minimum atomic E-state index is 0.214. The van der Waals surface area contributed by atoms with Gasteiger partial charge in [-0.05, 0) is 45.8 Å². The Bertz CT molecular complexity index is 295. The summed E-state index contributed by atoms with van der Waals surface area (Å²) in [6.07, 6.45) is 1.07. The van der Waals surface area contributed by atoms with Gasteiger partial charge in [0.15, 0.2) is 0 Å².